The lowest BCUT2D eigenvalue weighted by molar-refractivity contribution is -0.139. The quantitative estimate of drug-likeness (QED) is 0.844. The topological polar surface area (TPSA) is 88.5 Å². The SMILES string of the molecule is O=C(O)COc1cccc(NC(=O)Cc2ccccn2)c1. The van der Waals surface area contributed by atoms with Crippen LogP contribution in [0.3, 0.4) is 0 Å². The molecule has 1 aromatic heterocycles. The van der Waals surface area contributed by atoms with E-state index in [1.165, 1.54) is 0 Å². The standard InChI is InChI=1S/C15H14N2O4/c18-14(9-11-4-1-2-7-16-11)17-12-5-3-6-13(8-12)21-10-15(19)20/h1-8H,9-10H2,(H,17,18)(H,19,20). The summed E-state index contributed by atoms with van der Waals surface area (Å²) >= 11 is 0. The Morgan fingerprint density at radius 1 is 1.19 bits per heavy atom. The van der Waals surface area contributed by atoms with Crippen LogP contribution in [-0.2, 0) is 16.0 Å². The van der Waals surface area contributed by atoms with Gasteiger partial charge in [-0.3, -0.25) is 9.78 Å². The van der Waals surface area contributed by atoms with Gasteiger partial charge in [0.15, 0.2) is 6.61 Å². The van der Waals surface area contributed by atoms with Crippen molar-refractivity contribution >= 4 is 17.6 Å². The van der Waals surface area contributed by atoms with Crippen molar-refractivity contribution in [3.63, 3.8) is 0 Å². The molecule has 0 fully saturated rings. The average Bonchev–Trinajstić information content (AvgIpc) is 2.46. The molecule has 0 saturated heterocycles. The molecule has 1 aromatic carbocycles. The molecule has 0 radical (unpaired) electrons. The maximum atomic E-state index is 11.9. The molecule has 2 N–H and O–H groups in total. The van der Waals surface area contributed by atoms with Crippen LogP contribution in [0.25, 0.3) is 0 Å². The van der Waals surface area contributed by atoms with Crippen LogP contribution >= 0.6 is 0 Å². The number of rotatable bonds is 6. The summed E-state index contributed by atoms with van der Waals surface area (Å²) in [5.74, 6) is -0.878. The van der Waals surface area contributed by atoms with Gasteiger partial charge in [-0.1, -0.05) is 12.1 Å². The minimum absolute atomic E-state index is 0.168. The molecule has 6 heteroatoms. The predicted octanol–water partition coefficient (Wildman–Crippen LogP) is 1.73. The van der Waals surface area contributed by atoms with Crippen LogP contribution in [0.4, 0.5) is 5.69 Å². The van der Waals surface area contributed by atoms with Crippen LogP contribution in [-0.4, -0.2) is 28.6 Å². The molecule has 0 bridgehead atoms. The van der Waals surface area contributed by atoms with Gasteiger partial charge in [0.25, 0.3) is 0 Å². The summed E-state index contributed by atoms with van der Waals surface area (Å²) in [5, 5.41) is 11.3. The third-order valence-corrected chi connectivity index (χ3v) is 2.55. The lowest BCUT2D eigenvalue weighted by Gasteiger charge is -2.07. The molecule has 0 spiro atoms. The number of ether oxygens (including phenoxy) is 1. The summed E-state index contributed by atoms with van der Waals surface area (Å²) < 4.78 is 5.04. The van der Waals surface area contributed by atoms with Gasteiger partial charge in [0.2, 0.25) is 5.91 Å². The number of carboxylic acid groups (broad SMARTS) is 1. The first-order valence-corrected chi connectivity index (χ1v) is 6.28. The molecule has 2 rings (SSSR count). The number of anilines is 1. The Kier molecular flexibility index (Phi) is 4.87. The van der Waals surface area contributed by atoms with Crippen molar-refractivity contribution in [2.45, 2.75) is 6.42 Å². The monoisotopic (exact) mass is 286 g/mol. The van der Waals surface area contributed by atoms with E-state index in [1.54, 1.807) is 42.6 Å². The van der Waals surface area contributed by atoms with Crippen LogP contribution in [0.5, 0.6) is 5.75 Å². The Labute approximate surface area is 121 Å². The summed E-state index contributed by atoms with van der Waals surface area (Å²) in [7, 11) is 0. The fraction of sp³-hybridized carbons (Fsp3) is 0.133. The molecule has 108 valence electrons. The fourth-order valence-electron chi connectivity index (χ4n) is 1.68. The minimum Gasteiger partial charge on any atom is -0.482 e. The first kappa shape index (κ1) is 14.5. The number of hydrogen-bond donors (Lipinski definition) is 2. The number of pyridine rings is 1. The number of nitrogens with zero attached hydrogens (tertiary/aromatic N) is 1. The highest BCUT2D eigenvalue weighted by Gasteiger charge is 2.06. The van der Waals surface area contributed by atoms with Gasteiger partial charge in [-0.2, -0.15) is 0 Å². The zero-order valence-electron chi connectivity index (χ0n) is 11.2. The number of hydrogen-bond acceptors (Lipinski definition) is 4. The number of carboxylic acids is 1. The van der Waals surface area contributed by atoms with Gasteiger partial charge in [0, 0.05) is 23.6 Å². The fourth-order valence-corrected chi connectivity index (χ4v) is 1.68. The molecular weight excluding hydrogens is 272 g/mol. The minimum atomic E-state index is -1.06. The molecule has 0 aliphatic heterocycles. The normalized spacial score (nSPS) is 9.90. The van der Waals surface area contributed by atoms with E-state index in [0.29, 0.717) is 17.1 Å². The molecule has 1 amide bonds. The van der Waals surface area contributed by atoms with Crippen molar-refractivity contribution in [3.8, 4) is 5.75 Å². The van der Waals surface area contributed by atoms with Crippen LogP contribution in [0.2, 0.25) is 0 Å². The van der Waals surface area contributed by atoms with Gasteiger partial charge in [-0.25, -0.2) is 4.79 Å². The molecule has 21 heavy (non-hydrogen) atoms. The molecular formula is C15H14N2O4. The maximum absolute atomic E-state index is 11.9. The second kappa shape index (κ2) is 7.04. The van der Waals surface area contributed by atoms with Gasteiger partial charge < -0.3 is 15.2 Å². The van der Waals surface area contributed by atoms with E-state index < -0.39 is 12.6 Å². The summed E-state index contributed by atoms with van der Waals surface area (Å²) in [5.41, 5.74) is 1.21. The highest BCUT2D eigenvalue weighted by molar-refractivity contribution is 5.92. The maximum Gasteiger partial charge on any atom is 0.341 e. The number of carbonyl (C=O) groups excluding carboxylic acids is 1. The van der Waals surface area contributed by atoms with Crippen LogP contribution in [0.15, 0.2) is 48.7 Å². The van der Waals surface area contributed by atoms with Crippen molar-refractivity contribution in [1.82, 2.24) is 4.98 Å². The molecule has 6 nitrogen and oxygen atoms in total. The van der Waals surface area contributed by atoms with E-state index in [9.17, 15) is 9.59 Å². The summed E-state index contributed by atoms with van der Waals surface area (Å²) in [6, 6.07) is 11.9. The molecule has 0 saturated carbocycles. The summed E-state index contributed by atoms with van der Waals surface area (Å²) in [6.45, 7) is -0.425. The number of nitrogens with one attached hydrogen (secondary N) is 1. The first-order valence-electron chi connectivity index (χ1n) is 6.28. The van der Waals surface area contributed by atoms with Crippen LogP contribution in [0, 0.1) is 0 Å². The lowest BCUT2D eigenvalue weighted by Crippen LogP contribution is -2.15. The van der Waals surface area contributed by atoms with E-state index in [0.717, 1.165) is 0 Å². The Bertz CT molecular complexity index is 629. The van der Waals surface area contributed by atoms with E-state index in [-0.39, 0.29) is 12.3 Å². The van der Waals surface area contributed by atoms with Crippen molar-refractivity contribution in [3.05, 3.63) is 54.4 Å². The molecule has 0 atom stereocenters. The van der Waals surface area contributed by atoms with Crippen molar-refractivity contribution in [1.29, 1.82) is 0 Å². The Morgan fingerprint density at radius 2 is 2.05 bits per heavy atom. The van der Waals surface area contributed by atoms with Crippen molar-refractivity contribution < 1.29 is 19.4 Å². The Balaban J connectivity index is 1.94. The molecule has 2 aromatic rings. The first-order chi connectivity index (χ1) is 10.1. The van der Waals surface area contributed by atoms with E-state index in [2.05, 4.69) is 10.3 Å². The van der Waals surface area contributed by atoms with Crippen molar-refractivity contribution in [2.24, 2.45) is 0 Å². The lowest BCUT2D eigenvalue weighted by atomic mass is 10.2. The zero-order chi connectivity index (χ0) is 15.1. The van der Waals surface area contributed by atoms with E-state index in [4.69, 9.17) is 9.84 Å². The summed E-state index contributed by atoms with van der Waals surface area (Å²) in [6.07, 6.45) is 1.80. The zero-order valence-corrected chi connectivity index (χ0v) is 11.2. The van der Waals surface area contributed by atoms with Gasteiger partial charge in [0.05, 0.1) is 6.42 Å². The summed E-state index contributed by atoms with van der Waals surface area (Å²) in [4.78, 5) is 26.4. The average molecular weight is 286 g/mol. The molecule has 0 aliphatic carbocycles. The number of aliphatic carboxylic acids is 1. The largest absolute Gasteiger partial charge is 0.482 e. The van der Waals surface area contributed by atoms with Gasteiger partial charge in [0.1, 0.15) is 5.75 Å². The highest BCUT2D eigenvalue weighted by atomic mass is 16.5. The third kappa shape index (κ3) is 4.94. The second-order valence-electron chi connectivity index (χ2n) is 4.26. The molecule has 0 unspecified atom stereocenters. The number of carbonyl (C=O) groups is 2. The number of amides is 1. The van der Waals surface area contributed by atoms with E-state index in [1.807, 2.05) is 6.07 Å². The van der Waals surface area contributed by atoms with Gasteiger partial charge in [-0.05, 0) is 24.3 Å². The van der Waals surface area contributed by atoms with Gasteiger partial charge in [-0.15, -0.1) is 0 Å². The predicted molar refractivity (Wildman–Crippen MR) is 76.1 cm³/mol. The Morgan fingerprint density at radius 3 is 2.76 bits per heavy atom. The smallest absolute Gasteiger partial charge is 0.341 e. The molecule has 0 aliphatic rings. The Hall–Kier alpha value is -2.89. The third-order valence-electron chi connectivity index (χ3n) is 2.55. The number of benzene rings is 1. The van der Waals surface area contributed by atoms with Crippen LogP contribution in [0.1, 0.15) is 5.69 Å². The van der Waals surface area contributed by atoms with Crippen LogP contribution < -0.4 is 10.1 Å². The van der Waals surface area contributed by atoms with Gasteiger partial charge >= 0.3 is 5.97 Å². The van der Waals surface area contributed by atoms with Crippen molar-refractivity contribution in [2.75, 3.05) is 11.9 Å². The second-order valence-corrected chi connectivity index (χ2v) is 4.26. The highest BCUT2D eigenvalue weighted by Crippen LogP contribution is 2.17. The van der Waals surface area contributed by atoms with E-state index >= 15 is 0 Å². The molecule has 1 heterocycles. The number of aromatic nitrogens is 1.